The first-order valence-corrected chi connectivity index (χ1v) is 3.99. The Balaban J connectivity index is 2.53. The summed E-state index contributed by atoms with van der Waals surface area (Å²) < 4.78 is 14.3. The second-order valence-corrected chi connectivity index (χ2v) is 2.88. The third-order valence-electron chi connectivity index (χ3n) is 1.88. The maximum atomic E-state index is 12.9. The number of aromatic nitrogens is 4. The van der Waals surface area contributed by atoms with Gasteiger partial charge in [0.2, 0.25) is 5.95 Å². The number of rotatable bonds is 1. The Morgan fingerprint density at radius 2 is 2.21 bits per heavy atom. The number of tetrazole rings is 1. The molecule has 0 saturated carbocycles. The number of halogens is 1. The molecule has 1 aromatic heterocycles. The van der Waals surface area contributed by atoms with E-state index in [1.807, 2.05) is 0 Å². The molecule has 72 valence electrons. The van der Waals surface area contributed by atoms with Crippen LogP contribution in [-0.2, 0) is 0 Å². The highest BCUT2D eigenvalue weighted by Crippen LogP contribution is 2.13. The van der Waals surface area contributed by atoms with Crippen LogP contribution in [0.15, 0.2) is 18.2 Å². The number of anilines is 1. The quantitative estimate of drug-likeness (QED) is 0.723. The molecule has 0 unspecified atom stereocenters. The monoisotopic (exact) mass is 193 g/mol. The number of nitrogen functional groups attached to an aromatic ring is 1. The van der Waals surface area contributed by atoms with Crippen molar-refractivity contribution in [2.45, 2.75) is 6.92 Å². The van der Waals surface area contributed by atoms with Crippen molar-refractivity contribution < 1.29 is 4.39 Å². The fraction of sp³-hybridized carbons (Fsp3) is 0.125. The van der Waals surface area contributed by atoms with Crippen LogP contribution in [0.4, 0.5) is 10.3 Å². The smallest absolute Gasteiger partial charge is 0.245 e. The van der Waals surface area contributed by atoms with Gasteiger partial charge in [0.25, 0.3) is 0 Å². The second-order valence-electron chi connectivity index (χ2n) is 2.88. The fourth-order valence-corrected chi connectivity index (χ4v) is 1.14. The van der Waals surface area contributed by atoms with E-state index in [1.165, 1.54) is 10.7 Å². The van der Waals surface area contributed by atoms with Gasteiger partial charge < -0.3 is 5.73 Å². The average Bonchev–Trinajstić information content (AvgIpc) is 2.57. The zero-order chi connectivity index (χ0) is 10.1. The molecular weight excluding hydrogens is 185 g/mol. The van der Waals surface area contributed by atoms with Crippen molar-refractivity contribution in [3.05, 3.63) is 29.6 Å². The molecule has 2 N–H and O–H groups in total. The van der Waals surface area contributed by atoms with Gasteiger partial charge in [-0.25, -0.2) is 4.39 Å². The third kappa shape index (κ3) is 1.30. The predicted octanol–water partition coefficient (Wildman–Crippen LogP) is 0.692. The van der Waals surface area contributed by atoms with Crippen LogP contribution in [0.2, 0.25) is 0 Å². The van der Waals surface area contributed by atoms with Gasteiger partial charge >= 0.3 is 0 Å². The summed E-state index contributed by atoms with van der Waals surface area (Å²) in [6, 6.07) is 4.54. The Labute approximate surface area is 79.3 Å². The number of nitrogens with zero attached hydrogens (tertiary/aromatic N) is 4. The number of benzene rings is 1. The Morgan fingerprint density at radius 1 is 1.43 bits per heavy atom. The third-order valence-corrected chi connectivity index (χ3v) is 1.88. The van der Waals surface area contributed by atoms with E-state index in [-0.39, 0.29) is 11.8 Å². The summed E-state index contributed by atoms with van der Waals surface area (Å²) in [4.78, 5) is 0. The Morgan fingerprint density at radius 3 is 2.79 bits per heavy atom. The molecule has 6 heteroatoms. The number of hydrogen-bond donors (Lipinski definition) is 1. The maximum Gasteiger partial charge on any atom is 0.245 e. The first kappa shape index (κ1) is 8.61. The molecule has 0 radical (unpaired) electrons. The number of aryl methyl sites for hydroxylation is 1. The summed E-state index contributed by atoms with van der Waals surface area (Å²) >= 11 is 0. The molecule has 2 aromatic rings. The van der Waals surface area contributed by atoms with Crippen molar-refractivity contribution in [2.75, 3.05) is 5.73 Å². The molecule has 5 nitrogen and oxygen atoms in total. The van der Waals surface area contributed by atoms with Gasteiger partial charge in [-0.05, 0) is 41.1 Å². The Kier molecular flexibility index (Phi) is 1.88. The van der Waals surface area contributed by atoms with E-state index in [2.05, 4.69) is 15.5 Å². The van der Waals surface area contributed by atoms with Gasteiger partial charge in [0.05, 0.1) is 5.69 Å². The van der Waals surface area contributed by atoms with Crippen LogP contribution < -0.4 is 5.73 Å². The van der Waals surface area contributed by atoms with Gasteiger partial charge in [0, 0.05) is 0 Å². The van der Waals surface area contributed by atoms with E-state index in [9.17, 15) is 4.39 Å². The summed E-state index contributed by atoms with van der Waals surface area (Å²) in [5.41, 5.74) is 6.66. The minimum atomic E-state index is -0.264. The first-order valence-electron chi connectivity index (χ1n) is 3.99. The van der Waals surface area contributed by atoms with E-state index >= 15 is 0 Å². The van der Waals surface area contributed by atoms with Crippen LogP contribution >= 0.6 is 0 Å². The molecule has 1 aromatic carbocycles. The van der Waals surface area contributed by atoms with Gasteiger partial charge in [-0.15, -0.1) is 0 Å². The zero-order valence-electron chi connectivity index (χ0n) is 7.48. The lowest BCUT2D eigenvalue weighted by Crippen LogP contribution is -2.03. The van der Waals surface area contributed by atoms with E-state index in [1.54, 1.807) is 19.1 Å². The van der Waals surface area contributed by atoms with Gasteiger partial charge in [-0.2, -0.15) is 4.68 Å². The van der Waals surface area contributed by atoms with Gasteiger partial charge in [0.1, 0.15) is 5.82 Å². The van der Waals surface area contributed by atoms with Crippen molar-refractivity contribution in [1.29, 1.82) is 0 Å². The van der Waals surface area contributed by atoms with Crippen molar-refractivity contribution in [2.24, 2.45) is 0 Å². The normalized spacial score (nSPS) is 10.4. The lowest BCUT2D eigenvalue weighted by Gasteiger charge is -2.02. The molecule has 1 heterocycles. The lowest BCUT2D eigenvalue weighted by molar-refractivity contribution is 0.617. The Hall–Kier alpha value is -1.98. The molecule has 0 aliphatic heterocycles. The molecule has 0 saturated heterocycles. The van der Waals surface area contributed by atoms with Gasteiger partial charge in [0.15, 0.2) is 0 Å². The summed E-state index contributed by atoms with van der Waals surface area (Å²) in [6.45, 7) is 1.67. The van der Waals surface area contributed by atoms with Crippen LogP contribution in [0.25, 0.3) is 5.69 Å². The molecule has 0 atom stereocenters. The molecule has 2 rings (SSSR count). The molecule has 0 spiro atoms. The van der Waals surface area contributed by atoms with Crippen molar-refractivity contribution in [3.63, 3.8) is 0 Å². The number of hydrogen-bond acceptors (Lipinski definition) is 4. The van der Waals surface area contributed by atoms with E-state index < -0.39 is 0 Å². The van der Waals surface area contributed by atoms with Crippen LogP contribution in [0.1, 0.15) is 5.56 Å². The highest BCUT2D eigenvalue weighted by atomic mass is 19.1. The molecule has 0 aliphatic carbocycles. The van der Waals surface area contributed by atoms with Gasteiger partial charge in [-0.1, -0.05) is 5.10 Å². The van der Waals surface area contributed by atoms with Crippen molar-refractivity contribution in [3.8, 4) is 5.69 Å². The first-order chi connectivity index (χ1) is 6.68. The molecule has 0 amide bonds. The van der Waals surface area contributed by atoms with Crippen LogP contribution in [0.3, 0.4) is 0 Å². The topological polar surface area (TPSA) is 69.6 Å². The lowest BCUT2D eigenvalue weighted by atomic mass is 10.2. The van der Waals surface area contributed by atoms with Crippen LogP contribution in [-0.4, -0.2) is 20.2 Å². The molecule has 14 heavy (non-hydrogen) atoms. The number of nitrogens with two attached hydrogens (primary N) is 1. The van der Waals surface area contributed by atoms with Crippen molar-refractivity contribution in [1.82, 2.24) is 20.2 Å². The maximum absolute atomic E-state index is 12.9. The molecule has 0 fully saturated rings. The molecular formula is C8H8FN5. The zero-order valence-corrected chi connectivity index (χ0v) is 7.48. The highest BCUT2D eigenvalue weighted by Gasteiger charge is 2.05. The van der Waals surface area contributed by atoms with Crippen LogP contribution in [0, 0.1) is 12.7 Å². The minimum Gasteiger partial charge on any atom is -0.366 e. The minimum absolute atomic E-state index is 0.177. The van der Waals surface area contributed by atoms with E-state index in [4.69, 9.17) is 5.73 Å². The summed E-state index contributed by atoms with van der Waals surface area (Å²) in [7, 11) is 0. The highest BCUT2D eigenvalue weighted by molar-refractivity contribution is 5.39. The standard InChI is InChI=1S/C8H8FN5/c1-5-4-6(2-3-7(5)9)14-8(10)11-12-13-14/h2-4H,1H3,(H2,10,11,13). The molecule has 0 aliphatic rings. The fourth-order valence-electron chi connectivity index (χ4n) is 1.14. The average molecular weight is 193 g/mol. The van der Waals surface area contributed by atoms with Crippen molar-refractivity contribution >= 4 is 5.95 Å². The SMILES string of the molecule is Cc1cc(-n2nnnc2N)ccc1F. The van der Waals surface area contributed by atoms with E-state index in [0.717, 1.165) is 0 Å². The van der Waals surface area contributed by atoms with E-state index in [0.29, 0.717) is 11.3 Å². The van der Waals surface area contributed by atoms with Gasteiger partial charge in [-0.3, -0.25) is 0 Å². The Bertz CT molecular complexity index is 465. The van der Waals surface area contributed by atoms with Crippen LogP contribution in [0.5, 0.6) is 0 Å². The molecule has 0 bridgehead atoms. The summed E-state index contributed by atoms with van der Waals surface area (Å²) in [5.74, 6) is -0.0867. The summed E-state index contributed by atoms with van der Waals surface area (Å²) in [6.07, 6.45) is 0. The predicted molar refractivity (Wildman–Crippen MR) is 48.3 cm³/mol. The summed E-state index contributed by atoms with van der Waals surface area (Å²) in [5, 5.41) is 10.6. The second kappa shape index (κ2) is 3.06. The largest absolute Gasteiger partial charge is 0.366 e.